The van der Waals surface area contributed by atoms with Gasteiger partial charge >= 0.3 is 11.9 Å². The Kier molecular flexibility index (Phi) is 9.05. The topological polar surface area (TPSA) is 64.6 Å². The Morgan fingerprint density at radius 2 is 1.82 bits per heavy atom. The number of hydrogen-bond donors (Lipinski definition) is 1. The standard InChI is InChI=1S/C12H21NO4/c1-4-16-11(14)7-6-8-13-9-10(3)12(15)17-5-2/h13H,3-9H2,1-2H3. The molecule has 5 heteroatoms. The predicted octanol–water partition coefficient (Wildman–Crippen LogP) is 1.04. The molecule has 0 rings (SSSR count). The summed E-state index contributed by atoms with van der Waals surface area (Å²) in [5.74, 6) is -0.580. The van der Waals surface area contributed by atoms with E-state index in [1.165, 1.54) is 0 Å². The third-order valence-corrected chi connectivity index (χ3v) is 1.94. The fourth-order valence-electron chi connectivity index (χ4n) is 1.14. The minimum Gasteiger partial charge on any atom is -0.466 e. The van der Waals surface area contributed by atoms with Gasteiger partial charge in [-0.05, 0) is 26.8 Å². The van der Waals surface area contributed by atoms with E-state index in [9.17, 15) is 9.59 Å². The fraction of sp³-hybridized carbons (Fsp3) is 0.667. The lowest BCUT2D eigenvalue weighted by molar-refractivity contribution is -0.143. The summed E-state index contributed by atoms with van der Waals surface area (Å²) in [6.45, 7) is 8.90. The highest BCUT2D eigenvalue weighted by Crippen LogP contribution is 1.94. The van der Waals surface area contributed by atoms with Crippen molar-refractivity contribution in [3.05, 3.63) is 12.2 Å². The van der Waals surface area contributed by atoms with E-state index in [1.54, 1.807) is 13.8 Å². The molecule has 0 spiro atoms. The summed E-state index contributed by atoms with van der Waals surface area (Å²) in [5, 5.41) is 3.01. The van der Waals surface area contributed by atoms with E-state index >= 15 is 0 Å². The Morgan fingerprint density at radius 1 is 1.18 bits per heavy atom. The first kappa shape index (κ1) is 15.6. The number of ether oxygens (including phenoxy) is 2. The minimum absolute atomic E-state index is 0.196. The molecular formula is C12H21NO4. The molecule has 0 radical (unpaired) electrons. The molecule has 0 aliphatic heterocycles. The number of hydrogen-bond acceptors (Lipinski definition) is 5. The Morgan fingerprint density at radius 3 is 2.41 bits per heavy atom. The van der Waals surface area contributed by atoms with Gasteiger partial charge < -0.3 is 14.8 Å². The van der Waals surface area contributed by atoms with Gasteiger partial charge in [-0.25, -0.2) is 4.79 Å². The molecule has 0 atom stereocenters. The number of carbonyl (C=O) groups is 2. The van der Waals surface area contributed by atoms with Gasteiger partial charge in [0.25, 0.3) is 0 Å². The van der Waals surface area contributed by atoms with Gasteiger partial charge in [0.2, 0.25) is 0 Å². The van der Waals surface area contributed by atoms with E-state index in [4.69, 9.17) is 9.47 Å². The van der Waals surface area contributed by atoms with Gasteiger partial charge in [0.15, 0.2) is 0 Å². The van der Waals surface area contributed by atoms with Crippen molar-refractivity contribution in [3.63, 3.8) is 0 Å². The van der Waals surface area contributed by atoms with Crippen molar-refractivity contribution in [2.75, 3.05) is 26.3 Å². The number of esters is 2. The van der Waals surface area contributed by atoms with E-state index < -0.39 is 0 Å². The van der Waals surface area contributed by atoms with Crippen molar-refractivity contribution in [2.24, 2.45) is 0 Å². The highest BCUT2D eigenvalue weighted by molar-refractivity contribution is 5.88. The molecule has 0 heterocycles. The van der Waals surface area contributed by atoms with Gasteiger partial charge in [-0.2, -0.15) is 0 Å². The van der Waals surface area contributed by atoms with Crippen molar-refractivity contribution in [2.45, 2.75) is 26.7 Å². The Labute approximate surface area is 102 Å². The van der Waals surface area contributed by atoms with Crippen LogP contribution < -0.4 is 5.32 Å². The van der Waals surface area contributed by atoms with Gasteiger partial charge in [-0.1, -0.05) is 6.58 Å². The molecule has 1 N–H and O–H groups in total. The van der Waals surface area contributed by atoms with Crippen molar-refractivity contribution < 1.29 is 19.1 Å². The lowest BCUT2D eigenvalue weighted by Crippen LogP contribution is -2.23. The van der Waals surface area contributed by atoms with Gasteiger partial charge in [0, 0.05) is 18.5 Å². The van der Waals surface area contributed by atoms with E-state index in [1.807, 2.05) is 0 Å². The van der Waals surface area contributed by atoms with Crippen LogP contribution in [0.1, 0.15) is 26.7 Å². The van der Waals surface area contributed by atoms with Crippen LogP contribution >= 0.6 is 0 Å². The maximum Gasteiger partial charge on any atom is 0.334 e. The molecule has 5 nitrogen and oxygen atoms in total. The van der Waals surface area contributed by atoms with Crippen LogP contribution in [0.15, 0.2) is 12.2 Å². The second-order valence-electron chi connectivity index (χ2n) is 3.41. The highest BCUT2D eigenvalue weighted by atomic mass is 16.5. The molecule has 0 saturated carbocycles. The zero-order valence-electron chi connectivity index (χ0n) is 10.6. The lowest BCUT2D eigenvalue weighted by Gasteiger charge is -2.07. The Bertz CT molecular complexity index is 263. The SMILES string of the molecule is C=C(CNCCCC(=O)OCC)C(=O)OCC. The van der Waals surface area contributed by atoms with Gasteiger partial charge in [0.05, 0.1) is 13.2 Å². The molecule has 0 aromatic rings. The van der Waals surface area contributed by atoms with Gasteiger partial charge in [-0.3, -0.25) is 4.79 Å². The summed E-state index contributed by atoms with van der Waals surface area (Å²) in [6, 6.07) is 0. The van der Waals surface area contributed by atoms with Crippen LogP contribution in [-0.4, -0.2) is 38.2 Å². The summed E-state index contributed by atoms with van der Waals surface area (Å²) in [7, 11) is 0. The van der Waals surface area contributed by atoms with E-state index in [2.05, 4.69) is 11.9 Å². The molecule has 0 fully saturated rings. The summed E-state index contributed by atoms with van der Waals surface area (Å²) < 4.78 is 9.56. The van der Waals surface area contributed by atoms with Crippen LogP contribution in [0.5, 0.6) is 0 Å². The summed E-state index contributed by atoms with van der Waals surface area (Å²) in [4.78, 5) is 22.2. The summed E-state index contributed by atoms with van der Waals surface area (Å²) in [6.07, 6.45) is 1.06. The molecule has 0 saturated heterocycles. The number of rotatable bonds is 9. The van der Waals surface area contributed by atoms with Crippen LogP contribution in [0, 0.1) is 0 Å². The number of nitrogens with one attached hydrogen (secondary N) is 1. The van der Waals surface area contributed by atoms with Crippen molar-refractivity contribution >= 4 is 11.9 Å². The van der Waals surface area contributed by atoms with E-state index in [0.717, 1.165) is 0 Å². The van der Waals surface area contributed by atoms with Crippen molar-refractivity contribution in [3.8, 4) is 0 Å². The van der Waals surface area contributed by atoms with Crippen LogP contribution in [0.25, 0.3) is 0 Å². The summed E-state index contributed by atoms with van der Waals surface area (Å²) >= 11 is 0. The quantitative estimate of drug-likeness (QED) is 0.372. The fourth-order valence-corrected chi connectivity index (χ4v) is 1.14. The molecule has 0 bridgehead atoms. The Hall–Kier alpha value is -1.36. The number of carbonyl (C=O) groups excluding carboxylic acids is 2. The van der Waals surface area contributed by atoms with Crippen LogP contribution in [0.4, 0.5) is 0 Å². The smallest absolute Gasteiger partial charge is 0.334 e. The normalized spacial score (nSPS) is 9.76. The second-order valence-corrected chi connectivity index (χ2v) is 3.41. The largest absolute Gasteiger partial charge is 0.466 e. The first-order chi connectivity index (χ1) is 8.11. The average Bonchev–Trinajstić information content (AvgIpc) is 2.29. The van der Waals surface area contributed by atoms with Gasteiger partial charge in [-0.15, -0.1) is 0 Å². The molecule has 0 aliphatic carbocycles. The molecule has 0 aliphatic rings. The molecule has 17 heavy (non-hydrogen) atoms. The zero-order valence-corrected chi connectivity index (χ0v) is 10.6. The van der Waals surface area contributed by atoms with Crippen LogP contribution in [-0.2, 0) is 19.1 Å². The first-order valence-electron chi connectivity index (χ1n) is 5.83. The average molecular weight is 243 g/mol. The molecule has 0 aromatic carbocycles. The maximum absolute atomic E-state index is 11.2. The van der Waals surface area contributed by atoms with E-state index in [-0.39, 0.29) is 11.9 Å². The molecule has 0 unspecified atom stereocenters. The molecule has 0 aromatic heterocycles. The van der Waals surface area contributed by atoms with E-state index in [0.29, 0.717) is 44.7 Å². The second kappa shape index (κ2) is 9.84. The molecular weight excluding hydrogens is 222 g/mol. The third kappa shape index (κ3) is 8.45. The minimum atomic E-state index is -0.384. The third-order valence-electron chi connectivity index (χ3n) is 1.94. The zero-order chi connectivity index (χ0) is 13.1. The molecule has 0 amide bonds. The van der Waals surface area contributed by atoms with Crippen molar-refractivity contribution in [1.29, 1.82) is 0 Å². The van der Waals surface area contributed by atoms with Gasteiger partial charge in [0.1, 0.15) is 0 Å². The summed E-state index contributed by atoms with van der Waals surface area (Å²) in [5.41, 5.74) is 0.392. The van der Waals surface area contributed by atoms with Crippen LogP contribution in [0.2, 0.25) is 0 Å². The molecule has 98 valence electrons. The Balaban J connectivity index is 3.48. The van der Waals surface area contributed by atoms with Crippen LogP contribution in [0.3, 0.4) is 0 Å². The highest BCUT2D eigenvalue weighted by Gasteiger charge is 2.06. The monoisotopic (exact) mass is 243 g/mol. The first-order valence-corrected chi connectivity index (χ1v) is 5.83. The predicted molar refractivity (Wildman–Crippen MR) is 64.5 cm³/mol. The van der Waals surface area contributed by atoms with Crippen molar-refractivity contribution in [1.82, 2.24) is 5.32 Å². The maximum atomic E-state index is 11.2. The lowest BCUT2D eigenvalue weighted by atomic mass is 10.3.